The first-order valence-electron chi connectivity index (χ1n) is 36.9. The minimum Gasteiger partial charge on any atom is -0.456 e. The van der Waals surface area contributed by atoms with E-state index in [1.54, 1.807) is 0 Å². The summed E-state index contributed by atoms with van der Waals surface area (Å²) in [6.45, 7) is 6.87. The molecule has 0 aromatic rings. The maximum absolute atomic E-state index is 13.6. The van der Waals surface area contributed by atoms with Crippen molar-refractivity contribution in [3.05, 3.63) is 122 Å². The van der Waals surface area contributed by atoms with Gasteiger partial charge < -0.3 is 19.4 Å². The van der Waals surface area contributed by atoms with Crippen LogP contribution in [0.3, 0.4) is 0 Å². The molecule has 2 N–H and O–H groups in total. The number of nitrogens with one attached hydrogen (secondary N) is 1. The molecule has 10 heteroatoms. The molecule has 89 heavy (non-hydrogen) atoms. The van der Waals surface area contributed by atoms with Gasteiger partial charge in [-0.3, -0.25) is 18.6 Å². The first-order chi connectivity index (χ1) is 43.4. The summed E-state index contributed by atoms with van der Waals surface area (Å²) in [5.74, 6) is -0.523. The molecule has 0 aliphatic carbocycles. The molecule has 0 saturated carbocycles. The fourth-order valence-corrected chi connectivity index (χ4v) is 11.0. The van der Waals surface area contributed by atoms with E-state index in [9.17, 15) is 19.0 Å². The second-order valence-electron chi connectivity index (χ2n) is 25.7. The SMILES string of the molecule is CC/C=C\C/C=C\C/C=C\C/C=C\C/C=C\C/C=C\CCCCCCCCC(=O)NC(COP(=O)(O)OCC[N+](C)(C)C)C(/C=C/CCCCCCCCCCC)OC(=O)CCCCCCCCCCCCCCCC/C=C\C/C=C\C/C=C\CCCCC. The molecule has 3 unspecified atom stereocenters. The number of phosphoric ester groups is 1. The molecule has 0 aromatic carbocycles. The Bertz CT molecular complexity index is 1940. The Morgan fingerprint density at radius 1 is 0.404 bits per heavy atom. The number of esters is 1. The van der Waals surface area contributed by atoms with Gasteiger partial charge in [-0.2, -0.15) is 0 Å². The second kappa shape index (κ2) is 67.3. The third-order valence-electron chi connectivity index (χ3n) is 15.9. The van der Waals surface area contributed by atoms with Crippen LogP contribution in [0.25, 0.3) is 0 Å². The number of ether oxygens (including phenoxy) is 1. The fraction of sp³-hybridized carbons (Fsp3) is 0.722. The lowest BCUT2D eigenvalue weighted by molar-refractivity contribution is -0.870. The van der Waals surface area contributed by atoms with Crippen LogP contribution in [0.5, 0.6) is 0 Å². The van der Waals surface area contributed by atoms with E-state index in [0.29, 0.717) is 17.4 Å². The summed E-state index contributed by atoms with van der Waals surface area (Å²) in [4.78, 5) is 37.9. The maximum atomic E-state index is 13.6. The van der Waals surface area contributed by atoms with Crippen molar-refractivity contribution < 1.29 is 37.3 Å². The number of hydrogen-bond acceptors (Lipinski definition) is 6. The number of phosphoric acid groups is 1. The van der Waals surface area contributed by atoms with Crippen molar-refractivity contribution >= 4 is 19.7 Å². The van der Waals surface area contributed by atoms with Gasteiger partial charge in [0.2, 0.25) is 5.91 Å². The smallest absolute Gasteiger partial charge is 0.456 e. The second-order valence-corrected chi connectivity index (χ2v) is 27.2. The highest BCUT2D eigenvalue weighted by atomic mass is 31.2. The highest BCUT2D eigenvalue weighted by Crippen LogP contribution is 2.43. The van der Waals surface area contributed by atoms with Crippen LogP contribution in [0, 0.1) is 0 Å². The lowest BCUT2D eigenvalue weighted by atomic mass is 10.0. The number of rotatable bonds is 66. The summed E-state index contributed by atoms with van der Waals surface area (Å²) >= 11 is 0. The van der Waals surface area contributed by atoms with Gasteiger partial charge in [-0.05, 0) is 122 Å². The zero-order chi connectivity index (χ0) is 64.9. The third-order valence-corrected chi connectivity index (χ3v) is 16.9. The van der Waals surface area contributed by atoms with Gasteiger partial charge in [-0.15, -0.1) is 0 Å². The first-order valence-corrected chi connectivity index (χ1v) is 38.4. The van der Waals surface area contributed by atoms with Crippen LogP contribution >= 0.6 is 7.82 Å². The van der Waals surface area contributed by atoms with Gasteiger partial charge in [0, 0.05) is 12.8 Å². The van der Waals surface area contributed by atoms with E-state index in [2.05, 4.69) is 135 Å². The summed E-state index contributed by atoms with van der Waals surface area (Å²) in [7, 11) is 1.48. The molecule has 0 aliphatic rings. The predicted molar refractivity (Wildman–Crippen MR) is 387 cm³/mol. The molecule has 0 aliphatic heterocycles. The third kappa shape index (κ3) is 68.6. The number of allylic oxidation sites excluding steroid dienone is 19. The molecule has 0 heterocycles. The average molecular weight is 1260 g/mol. The number of hydrogen-bond donors (Lipinski definition) is 2. The summed E-state index contributed by atoms with van der Waals surface area (Å²) in [6, 6.07) is -0.865. The average Bonchev–Trinajstić information content (AvgIpc) is 3.62. The number of carbonyl (C=O) groups is 2. The molecule has 9 nitrogen and oxygen atoms in total. The highest BCUT2D eigenvalue weighted by molar-refractivity contribution is 7.47. The standard InChI is InChI=1S/C79H139N2O7P/c1-7-10-13-16-19-22-25-27-29-31-33-35-37-39-40-42-44-46-48-50-52-54-57-60-63-66-69-72-79(83)88-77(70-67-64-61-58-55-24-21-18-15-12-9-3)76(75-87-89(84,85)86-74-73-81(4,5)6)80-78(82)71-68-65-62-59-56-53-51-49-47-45-43-41-38-36-34-32-30-28-26-23-20-17-14-11-8-2/h11,14,19-20,22-23,27-30,33-36,41,43,47,49,67,70,76-77H,7-10,12-13,15-18,21,24-26,31-32,37-40,42,44-46,48,50-66,68-69,71-75H2,1-6H3,(H-,80,82,84,85)/p+1/b14-11-,22-19-,23-20-,29-27-,30-28-,35-33-,36-34-,43-41-,49-47-,70-67+. The van der Waals surface area contributed by atoms with Crippen LogP contribution in [0.2, 0.25) is 0 Å². The van der Waals surface area contributed by atoms with E-state index in [1.165, 1.54) is 148 Å². The molecular weight excluding hydrogens is 1120 g/mol. The van der Waals surface area contributed by atoms with Gasteiger partial charge >= 0.3 is 13.8 Å². The Kier molecular flexibility index (Phi) is 64.6. The summed E-state index contributed by atoms with van der Waals surface area (Å²) in [6.07, 6.45) is 95.0. The molecule has 0 fully saturated rings. The summed E-state index contributed by atoms with van der Waals surface area (Å²) in [5.41, 5.74) is 0. The monoisotopic (exact) mass is 1260 g/mol. The van der Waals surface area contributed by atoms with Crippen LogP contribution < -0.4 is 5.32 Å². The van der Waals surface area contributed by atoms with Crippen molar-refractivity contribution in [3.8, 4) is 0 Å². The summed E-state index contributed by atoms with van der Waals surface area (Å²) in [5, 5.41) is 3.06. The fourth-order valence-electron chi connectivity index (χ4n) is 10.2. The Balaban J connectivity index is 5.02. The van der Waals surface area contributed by atoms with E-state index in [-0.39, 0.29) is 31.5 Å². The Hall–Kier alpha value is -3.59. The van der Waals surface area contributed by atoms with Crippen LogP contribution in [0.15, 0.2) is 122 Å². The van der Waals surface area contributed by atoms with Crippen molar-refractivity contribution in [1.29, 1.82) is 0 Å². The lowest BCUT2D eigenvalue weighted by Gasteiger charge is -2.27. The van der Waals surface area contributed by atoms with Crippen molar-refractivity contribution in [2.45, 2.75) is 328 Å². The van der Waals surface area contributed by atoms with Crippen molar-refractivity contribution in [2.24, 2.45) is 0 Å². The van der Waals surface area contributed by atoms with Gasteiger partial charge in [0.05, 0.1) is 33.8 Å². The van der Waals surface area contributed by atoms with Gasteiger partial charge in [0.15, 0.2) is 0 Å². The molecule has 0 saturated heterocycles. The normalized spacial score (nSPS) is 14.2. The molecule has 512 valence electrons. The van der Waals surface area contributed by atoms with E-state index in [0.717, 1.165) is 135 Å². The number of likely N-dealkylation sites (N-methyl/N-ethyl adjacent to an activating group) is 1. The molecule has 1 amide bonds. The zero-order valence-electron chi connectivity index (χ0n) is 58.6. The minimum absolute atomic E-state index is 0.0317. The molecule has 0 radical (unpaired) electrons. The van der Waals surface area contributed by atoms with E-state index in [1.807, 2.05) is 33.3 Å². The Labute approximate surface area is 550 Å². The molecule has 0 spiro atoms. The van der Waals surface area contributed by atoms with Crippen LogP contribution in [-0.4, -0.2) is 74.3 Å². The number of unbranched alkanes of at least 4 members (excludes halogenated alkanes) is 32. The van der Waals surface area contributed by atoms with E-state index >= 15 is 0 Å². The first kappa shape index (κ1) is 85.4. The zero-order valence-corrected chi connectivity index (χ0v) is 59.5. The highest BCUT2D eigenvalue weighted by Gasteiger charge is 2.30. The Morgan fingerprint density at radius 3 is 1.10 bits per heavy atom. The van der Waals surface area contributed by atoms with Crippen molar-refractivity contribution in [3.63, 3.8) is 0 Å². The lowest BCUT2D eigenvalue weighted by Crippen LogP contribution is -2.47. The number of quaternary nitrogens is 1. The topological polar surface area (TPSA) is 111 Å². The van der Waals surface area contributed by atoms with E-state index in [4.69, 9.17) is 13.8 Å². The van der Waals surface area contributed by atoms with Crippen LogP contribution in [0.4, 0.5) is 0 Å². The largest absolute Gasteiger partial charge is 0.472 e. The minimum atomic E-state index is -4.47. The van der Waals surface area contributed by atoms with Gasteiger partial charge in [0.1, 0.15) is 19.3 Å². The quantitative estimate of drug-likeness (QED) is 0.0205. The molecule has 0 aromatic heterocycles. The van der Waals surface area contributed by atoms with Crippen LogP contribution in [0.1, 0.15) is 316 Å². The van der Waals surface area contributed by atoms with E-state index < -0.39 is 20.0 Å². The van der Waals surface area contributed by atoms with Crippen LogP contribution in [-0.2, 0) is 27.9 Å². The van der Waals surface area contributed by atoms with Crippen molar-refractivity contribution in [2.75, 3.05) is 40.9 Å². The van der Waals surface area contributed by atoms with Crippen molar-refractivity contribution in [1.82, 2.24) is 5.32 Å². The Morgan fingerprint density at radius 2 is 0.719 bits per heavy atom. The van der Waals surface area contributed by atoms with Gasteiger partial charge in [-0.1, -0.05) is 303 Å². The summed E-state index contributed by atoms with van der Waals surface area (Å²) < 4.78 is 30.8. The predicted octanol–water partition coefficient (Wildman–Crippen LogP) is 23.8. The number of nitrogens with zero attached hydrogens (tertiary/aromatic N) is 1. The maximum Gasteiger partial charge on any atom is 0.472 e. The molecular formula is C79H140N2O7P+. The molecule has 0 rings (SSSR count). The number of carbonyl (C=O) groups excluding carboxylic acids is 2. The number of amides is 1. The van der Waals surface area contributed by atoms with Gasteiger partial charge in [0.25, 0.3) is 0 Å². The molecule has 3 atom stereocenters. The van der Waals surface area contributed by atoms with Gasteiger partial charge in [-0.25, -0.2) is 4.57 Å². The molecule has 0 bridgehead atoms.